The Labute approximate surface area is 363 Å². The average Bonchev–Trinajstić information content (AvgIpc) is 3.22. The first kappa shape index (κ1) is 52.4. The lowest BCUT2D eigenvalue weighted by Crippen LogP contribution is -2.65. The number of hydrogen-bond donors (Lipinski definition) is 6. The lowest BCUT2D eigenvalue weighted by molar-refractivity contribution is -0.399. The highest BCUT2D eigenvalue weighted by molar-refractivity contribution is 8.47. The number of aliphatic hydroxyl groups is 6. The van der Waals surface area contributed by atoms with Crippen LogP contribution in [0.1, 0.15) is 70.1 Å². The van der Waals surface area contributed by atoms with Crippen molar-refractivity contribution in [2.24, 2.45) is 5.92 Å². The molecule has 0 aliphatic carbocycles. The van der Waals surface area contributed by atoms with E-state index in [9.17, 15) is 45.0 Å². The molecule has 3 unspecified atom stereocenters. The zero-order valence-corrected chi connectivity index (χ0v) is 35.6. The number of thiocarbonyl (C=S) groups is 1. The number of carbonyl (C=O) groups is 3. The summed E-state index contributed by atoms with van der Waals surface area (Å²) < 4.78 is 50.7. The van der Waals surface area contributed by atoms with Crippen LogP contribution < -0.4 is 0 Å². The predicted molar refractivity (Wildman–Crippen MR) is 221 cm³/mol. The molecule has 4 rings (SSSR count). The minimum atomic E-state index is -1.74. The summed E-state index contributed by atoms with van der Waals surface area (Å²) in [6.45, 7) is 5.46. The fourth-order valence-corrected chi connectivity index (χ4v) is 9.03. The second-order valence-corrected chi connectivity index (χ2v) is 17.7. The van der Waals surface area contributed by atoms with Crippen LogP contribution in [0, 0.1) is 5.92 Å². The third kappa shape index (κ3) is 15.7. The molecule has 3 aliphatic heterocycles. The molecule has 0 amide bonds. The van der Waals surface area contributed by atoms with Gasteiger partial charge in [-0.05, 0) is 24.7 Å². The van der Waals surface area contributed by atoms with Gasteiger partial charge in [0.1, 0.15) is 71.4 Å². The molecule has 3 fully saturated rings. The quantitative estimate of drug-likeness (QED) is 0.0545. The third-order valence-electron chi connectivity index (χ3n) is 9.52. The molecule has 13 atom stereocenters. The number of hydrogen-bond acceptors (Lipinski definition) is 21. The molecule has 0 bridgehead atoms. The standard InChI is InChI=1S/C38H56O18S3.CH4/c1-4-58-38(57)59-26(17-20(2)34(47)51-16-14-49-12-11-48-13-15-50-27(41)10-5-21(3)40)22-6-8-23(9-7-22)35-52-19-25-33(55-35)30(44)32(46)37(54-25)56-36-31(45)29(43)28(42)24(18-39)53-36;/h6-9,20,24-26,28-33,35-37,39,42-46H,4-5,10-19H2,1-3H3;1H4/t20?,24-,25-,26?,28-,29+,30-,31-,32-,33-,35?,36-,37-;/m1./s1. The van der Waals surface area contributed by atoms with Crippen LogP contribution in [0.3, 0.4) is 0 Å². The molecule has 18 nitrogen and oxygen atoms in total. The summed E-state index contributed by atoms with van der Waals surface area (Å²) in [4.78, 5) is 35.4. The lowest BCUT2D eigenvalue weighted by Gasteiger charge is -2.48. The summed E-state index contributed by atoms with van der Waals surface area (Å²) in [6, 6.07) is 7.36. The molecule has 3 heterocycles. The topological polar surface area (TPSA) is 256 Å². The van der Waals surface area contributed by atoms with Crippen molar-refractivity contribution < 1.29 is 87.7 Å². The maximum atomic E-state index is 12.9. The molecule has 60 heavy (non-hydrogen) atoms. The van der Waals surface area contributed by atoms with Crippen molar-refractivity contribution in [2.45, 2.75) is 120 Å². The molecular weight excluding hydrogens is 853 g/mol. The largest absolute Gasteiger partial charge is 0.463 e. The number of esters is 2. The number of carbonyl (C=O) groups excluding carboxylic acids is 3. The van der Waals surface area contributed by atoms with Crippen LogP contribution >= 0.6 is 35.7 Å². The molecule has 0 radical (unpaired) electrons. The highest BCUT2D eigenvalue weighted by atomic mass is 32.2. The van der Waals surface area contributed by atoms with Gasteiger partial charge in [-0.1, -0.05) is 69.5 Å². The van der Waals surface area contributed by atoms with E-state index < -0.39 is 86.2 Å². The van der Waals surface area contributed by atoms with Crippen LogP contribution in [0.5, 0.6) is 0 Å². The Kier molecular flexibility index (Phi) is 23.3. The number of benzene rings is 1. The van der Waals surface area contributed by atoms with E-state index in [0.29, 0.717) is 12.0 Å². The van der Waals surface area contributed by atoms with Crippen molar-refractivity contribution in [3.05, 3.63) is 35.4 Å². The average molecular weight is 913 g/mol. The van der Waals surface area contributed by atoms with Gasteiger partial charge in [-0.25, -0.2) is 0 Å². The molecule has 1 aromatic carbocycles. The Balaban J connectivity index is 0.00000961. The maximum absolute atomic E-state index is 12.9. The number of ketones is 1. The summed E-state index contributed by atoms with van der Waals surface area (Å²) in [6.07, 6.45) is -14.9. The van der Waals surface area contributed by atoms with Crippen LogP contribution in [0.25, 0.3) is 0 Å². The highest BCUT2D eigenvalue weighted by Gasteiger charge is 2.52. The van der Waals surface area contributed by atoms with Crippen molar-refractivity contribution in [3.63, 3.8) is 0 Å². The molecule has 3 saturated heterocycles. The highest BCUT2D eigenvalue weighted by Crippen LogP contribution is 2.40. The minimum Gasteiger partial charge on any atom is -0.463 e. The third-order valence-corrected chi connectivity index (χ3v) is 12.3. The molecular formula is C39H60O18S3. The van der Waals surface area contributed by atoms with E-state index >= 15 is 0 Å². The molecule has 6 N–H and O–H groups in total. The van der Waals surface area contributed by atoms with Gasteiger partial charge in [-0.2, -0.15) is 0 Å². The maximum Gasteiger partial charge on any atom is 0.308 e. The van der Waals surface area contributed by atoms with Gasteiger partial charge in [0, 0.05) is 17.2 Å². The molecule has 0 saturated carbocycles. The number of aliphatic hydroxyl groups excluding tert-OH is 6. The monoisotopic (exact) mass is 912 g/mol. The Morgan fingerprint density at radius 3 is 2.08 bits per heavy atom. The van der Waals surface area contributed by atoms with Crippen molar-refractivity contribution in [2.75, 3.05) is 58.6 Å². The molecule has 342 valence electrons. The van der Waals surface area contributed by atoms with Gasteiger partial charge in [-0.15, -0.1) is 11.8 Å². The molecule has 0 spiro atoms. The summed E-state index contributed by atoms with van der Waals surface area (Å²) >= 11 is 8.61. The Hall–Kier alpha value is -1.90. The number of Topliss-reactive ketones (excluding diaryl/α,β-unsaturated/α-hetero) is 1. The smallest absolute Gasteiger partial charge is 0.308 e. The first-order valence-corrected chi connectivity index (χ1v) is 21.7. The predicted octanol–water partition coefficient (Wildman–Crippen LogP) is 1.33. The van der Waals surface area contributed by atoms with Crippen molar-refractivity contribution in [1.82, 2.24) is 0 Å². The fraction of sp³-hybridized carbons (Fsp3) is 0.744. The van der Waals surface area contributed by atoms with Crippen LogP contribution in [-0.2, 0) is 57.0 Å². The van der Waals surface area contributed by atoms with E-state index in [2.05, 4.69) is 0 Å². The zero-order chi connectivity index (χ0) is 43.1. The van der Waals surface area contributed by atoms with Crippen LogP contribution in [0.2, 0.25) is 0 Å². The van der Waals surface area contributed by atoms with Crippen molar-refractivity contribution in [1.29, 1.82) is 0 Å². The van der Waals surface area contributed by atoms with Crippen LogP contribution in [0.4, 0.5) is 0 Å². The second-order valence-electron chi connectivity index (χ2n) is 14.0. The van der Waals surface area contributed by atoms with E-state index in [-0.39, 0.29) is 83.5 Å². The first-order chi connectivity index (χ1) is 28.2. The Morgan fingerprint density at radius 2 is 1.45 bits per heavy atom. The molecule has 1 aromatic rings. The fourth-order valence-electron chi connectivity index (χ4n) is 6.21. The molecule has 21 heteroatoms. The summed E-state index contributed by atoms with van der Waals surface area (Å²) in [5.41, 5.74) is 1.51. The van der Waals surface area contributed by atoms with Crippen molar-refractivity contribution in [3.8, 4) is 0 Å². The summed E-state index contributed by atoms with van der Waals surface area (Å²) in [7, 11) is 0. The minimum absolute atomic E-state index is 0. The Morgan fingerprint density at radius 1 is 0.833 bits per heavy atom. The summed E-state index contributed by atoms with van der Waals surface area (Å²) in [5.74, 6) is -0.601. The van der Waals surface area contributed by atoms with Crippen LogP contribution in [-0.4, -0.2) is 172 Å². The van der Waals surface area contributed by atoms with Gasteiger partial charge in [0.2, 0.25) is 0 Å². The normalized spacial score (nSPS) is 30.0. The number of fused-ring (bicyclic) bond motifs is 1. The van der Waals surface area contributed by atoms with E-state index in [1.54, 1.807) is 19.1 Å². The first-order valence-electron chi connectivity index (χ1n) is 19.4. The lowest BCUT2D eigenvalue weighted by atomic mass is 9.97. The second kappa shape index (κ2) is 26.7. The molecule has 3 aliphatic rings. The van der Waals surface area contributed by atoms with E-state index in [1.807, 2.05) is 19.1 Å². The van der Waals surface area contributed by atoms with Crippen LogP contribution in [0.15, 0.2) is 24.3 Å². The van der Waals surface area contributed by atoms with E-state index in [4.69, 9.17) is 54.8 Å². The van der Waals surface area contributed by atoms with E-state index in [0.717, 1.165) is 14.8 Å². The number of ether oxygens (including phenoxy) is 9. The number of rotatable bonds is 22. The van der Waals surface area contributed by atoms with Gasteiger partial charge in [-0.3, -0.25) is 9.59 Å². The molecule has 0 aromatic heterocycles. The van der Waals surface area contributed by atoms with Gasteiger partial charge < -0.3 is 78.1 Å². The van der Waals surface area contributed by atoms with E-state index in [1.165, 1.54) is 30.4 Å². The summed E-state index contributed by atoms with van der Waals surface area (Å²) in [5, 5.41) is 61.7. The van der Waals surface area contributed by atoms with Crippen molar-refractivity contribution >= 4 is 57.0 Å². The zero-order valence-electron chi connectivity index (χ0n) is 33.1. The van der Waals surface area contributed by atoms with Gasteiger partial charge >= 0.3 is 11.9 Å². The number of thioether (sulfide) groups is 2. The van der Waals surface area contributed by atoms with Gasteiger partial charge in [0.25, 0.3) is 0 Å². The van der Waals surface area contributed by atoms with Gasteiger partial charge in [0.05, 0.1) is 52.0 Å². The Bertz CT molecular complexity index is 1470. The van der Waals surface area contributed by atoms with Gasteiger partial charge in [0.15, 0.2) is 18.9 Å². The SMILES string of the molecule is C.CCSC(=S)SC(CC(C)C(=O)OCCOCCOCCOC(=O)CCC(C)=O)c1ccc(C2OC[C@H]3O[C@H](O[C@H]4O[C@H](CO)[C@@H](O)[C@H](O)[C@H]4O)[C@H](O)[C@@H](O)[C@@H]3O2)cc1.